The van der Waals surface area contributed by atoms with Crippen LogP contribution in [0.3, 0.4) is 0 Å². The minimum Gasteiger partial charge on any atom is -0.338 e. The molecule has 2 heterocycles. The first kappa shape index (κ1) is 12.8. The molecule has 0 aliphatic rings. The summed E-state index contributed by atoms with van der Waals surface area (Å²) in [5.41, 5.74) is 4.03. The predicted octanol–water partition coefficient (Wildman–Crippen LogP) is 3.26. The largest absolute Gasteiger partial charge is 0.338 e. The van der Waals surface area contributed by atoms with Crippen LogP contribution in [0.5, 0.6) is 0 Å². The van der Waals surface area contributed by atoms with E-state index in [1.807, 2.05) is 39.2 Å². The number of rotatable bonds is 3. The van der Waals surface area contributed by atoms with Crippen molar-refractivity contribution in [2.45, 2.75) is 25.8 Å². The molecule has 0 radical (unpaired) electrons. The van der Waals surface area contributed by atoms with Gasteiger partial charge >= 0.3 is 0 Å². The van der Waals surface area contributed by atoms with E-state index in [0.29, 0.717) is 0 Å². The Hall–Kier alpha value is -1.62. The number of thioether (sulfide) groups is 1. The number of nitrogens with one attached hydrogen (secondary N) is 1. The van der Waals surface area contributed by atoms with E-state index in [1.54, 1.807) is 18.1 Å². The first-order valence-corrected chi connectivity index (χ1v) is 6.91. The number of hydrogen-bond donors (Lipinski definition) is 1. The zero-order chi connectivity index (χ0) is 13.1. The molecule has 0 saturated heterocycles. The van der Waals surface area contributed by atoms with Crippen LogP contribution in [0.1, 0.15) is 17.0 Å². The molecule has 0 atom stereocenters. The van der Waals surface area contributed by atoms with E-state index in [-0.39, 0.29) is 0 Å². The normalized spacial score (nSPS) is 10.4. The minimum absolute atomic E-state index is 0.836. The monoisotopic (exact) mass is 260 g/mol. The summed E-state index contributed by atoms with van der Waals surface area (Å²) in [6, 6.07) is 4.01. The Morgan fingerprint density at radius 2 is 1.89 bits per heavy atom. The van der Waals surface area contributed by atoms with E-state index in [1.165, 1.54) is 0 Å². The lowest BCUT2D eigenvalue weighted by Crippen LogP contribution is -2.02. The van der Waals surface area contributed by atoms with E-state index in [9.17, 15) is 0 Å². The Morgan fingerprint density at radius 1 is 1.11 bits per heavy atom. The number of aryl methyl sites for hydroxylation is 2. The lowest BCUT2D eigenvalue weighted by molar-refractivity contribution is 1.01. The van der Waals surface area contributed by atoms with Crippen molar-refractivity contribution in [3.63, 3.8) is 0 Å². The number of aromatic nitrogens is 3. The van der Waals surface area contributed by atoms with Crippen molar-refractivity contribution in [3.8, 4) is 0 Å². The Kier molecular flexibility index (Phi) is 3.81. The van der Waals surface area contributed by atoms with Gasteiger partial charge in [-0.25, -0.2) is 9.97 Å². The molecule has 0 spiro atoms. The van der Waals surface area contributed by atoms with Gasteiger partial charge in [0.05, 0.1) is 11.4 Å². The summed E-state index contributed by atoms with van der Waals surface area (Å²) >= 11 is 1.62. The van der Waals surface area contributed by atoms with Crippen LogP contribution in [-0.2, 0) is 0 Å². The average Bonchev–Trinajstić information content (AvgIpc) is 2.35. The van der Waals surface area contributed by atoms with Crippen LogP contribution in [0.25, 0.3) is 0 Å². The SMILES string of the molecule is CSc1ncnc(Nc2ccc(C)nc2C)c1C. The van der Waals surface area contributed by atoms with Gasteiger partial charge < -0.3 is 5.32 Å². The fraction of sp³-hybridized carbons (Fsp3) is 0.308. The third kappa shape index (κ3) is 2.61. The molecule has 0 bridgehead atoms. The molecule has 2 rings (SSSR count). The molecule has 18 heavy (non-hydrogen) atoms. The zero-order valence-electron chi connectivity index (χ0n) is 11.0. The van der Waals surface area contributed by atoms with Gasteiger partial charge in [0.2, 0.25) is 0 Å². The Morgan fingerprint density at radius 3 is 2.56 bits per heavy atom. The quantitative estimate of drug-likeness (QED) is 0.678. The highest BCUT2D eigenvalue weighted by Crippen LogP contribution is 2.25. The van der Waals surface area contributed by atoms with Gasteiger partial charge in [-0.3, -0.25) is 4.98 Å². The second-order valence-corrected chi connectivity index (χ2v) is 4.86. The molecule has 0 saturated carbocycles. The van der Waals surface area contributed by atoms with Crippen LogP contribution in [0, 0.1) is 20.8 Å². The lowest BCUT2D eigenvalue weighted by Gasteiger charge is -2.12. The van der Waals surface area contributed by atoms with Gasteiger partial charge in [0, 0.05) is 11.3 Å². The highest BCUT2D eigenvalue weighted by Gasteiger charge is 2.08. The molecule has 1 N–H and O–H groups in total. The van der Waals surface area contributed by atoms with Crippen molar-refractivity contribution in [2.24, 2.45) is 0 Å². The number of nitrogens with zero attached hydrogens (tertiary/aromatic N) is 3. The van der Waals surface area contributed by atoms with Gasteiger partial charge in [-0.1, -0.05) is 0 Å². The van der Waals surface area contributed by atoms with Crippen LogP contribution < -0.4 is 5.32 Å². The van der Waals surface area contributed by atoms with Crippen LogP contribution >= 0.6 is 11.8 Å². The Labute approximate surface area is 111 Å². The molecule has 0 aliphatic carbocycles. The van der Waals surface area contributed by atoms with Crippen LogP contribution in [0.4, 0.5) is 11.5 Å². The molecule has 5 heteroatoms. The van der Waals surface area contributed by atoms with Gasteiger partial charge in [0.15, 0.2) is 0 Å². The van der Waals surface area contributed by atoms with Gasteiger partial charge in [0.25, 0.3) is 0 Å². The molecule has 0 amide bonds. The van der Waals surface area contributed by atoms with Crippen LogP contribution in [0.15, 0.2) is 23.5 Å². The van der Waals surface area contributed by atoms with Crippen molar-refractivity contribution in [1.82, 2.24) is 15.0 Å². The van der Waals surface area contributed by atoms with Crippen molar-refractivity contribution in [1.29, 1.82) is 0 Å². The number of hydrogen-bond acceptors (Lipinski definition) is 5. The highest BCUT2D eigenvalue weighted by atomic mass is 32.2. The first-order valence-electron chi connectivity index (χ1n) is 5.68. The molecular weight excluding hydrogens is 244 g/mol. The molecule has 0 unspecified atom stereocenters. The Balaban J connectivity index is 2.34. The first-order chi connectivity index (χ1) is 8.61. The smallest absolute Gasteiger partial charge is 0.137 e. The van der Waals surface area contributed by atoms with Gasteiger partial charge in [-0.2, -0.15) is 0 Å². The molecule has 0 aromatic carbocycles. The van der Waals surface area contributed by atoms with E-state index >= 15 is 0 Å². The third-order valence-corrected chi connectivity index (χ3v) is 3.51. The summed E-state index contributed by atoms with van der Waals surface area (Å²) in [6.45, 7) is 5.99. The topological polar surface area (TPSA) is 50.7 Å². The average molecular weight is 260 g/mol. The second kappa shape index (κ2) is 5.35. The van der Waals surface area contributed by atoms with Crippen LogP contribution in [0.2, 0.25) is 0 Å². The lowest BCUT2D eigenvalue weighted by atomic mass is 10.2. The van der Waals surface area contributed by atoms with E-state index in [4.69, 9.17) is 0 Å². The second-order valence-electron chi connectivity index (χ2n) is 4.07. The summed E-state index contributed by atoms with van der Waals surface area (Å²) < 4.78 is 0. The standard InChI is InChI=1S/C13H16N4S/c1-8-5-6-11(10(3)16-8)17-12-9(2)13(18-4)15-7-14-12/h5-7H,1-4H3,(H,14,15,17). The summed E-state index contributed by atoms with van der Waals surface area (Å²) in [5.74, 6) is 0.836. The van der Waals surface area contributed by atoms with Crippen LogP contribution in [-0.4, -0.2) is 21.2 Å². The van der Waals surface area contributed by atoms with Gasteiger partial charge in [-0.15, -0.1) is 11.8 Å². The van der Waals surface area contributed by atoms with Gasteiger partial charge in [0.1, 0.15) is 17.2 Å². The maximum atomic E-state index is 4.43. The fourth-order valence-electron chi connectivity index (χ4n) is 1.71. The van der Waals surface area contributed by atoms with Crippen molar-refractivity contribution < 1.29 is 0 Å². The molecule has 94 valence electrons. The summed E-state index contributed by atoms with van der Waals surface area (Å²) in [7, 11) is 0. The number of anilines is 2. The van der Waals surface area contributed by atoms with E-state index in [0.717, 1.165) is 33.5 Å². The van der Waals surface area contributed by atoms with Crippen molar-refractivity contribution in [2.75, 3.05) is 11.6 Å². The predicted molar refractivity (Wildman–Crippen MR) is 75.5 cm³/mol. The Bertz CT molecular complexity index is 569. The fourth-order valence-corrected chi connectivity index (χ4v) is 2.27. The third-order valence-electron chi connectivity index (χ3n) is 2.71. The molecule has 4 nitrogen and oxygen atoms in total. The number of pyridine rings is 1. The maximum Gasteiger partial charge on any atom is 0.137 e. The molecule has 2 aromatic heterocycles. The molecule has 2 aromatic rings. The van der Waals surface area contributed by atoms with E-state index in [2.05, 4.69) is 20.3 Å². The summed E-state index contributed by atoms with van der Waals surface area (Å²) in [4.78, 5) is 12.9. The van der Waals surface area contributed by atoms with Crippen molar-refractivity contribution in [3.05, 3.63) is 35.4 Å². The van der Waals surface area contributed by atoms with Crippen molar-refractivity contribution >= 4 is 23.3 Å². The maximum absolute atomic E-state index is 4.43. The highest BCUT2D eigenvalue weighted by molar-refractivity contribution is 7.98. The zero-order valence-corrected chi connectivity index (χ0v) is 11.8. The molecule has 0 fully saturated rings. The van der Waals surface area contributed by atoms with E-state index < -0.39 is 0 Å². The molecule has 0 aliphatic heterocycles. The summed E-state index contributed by atoms with van der Waals surface area (Å²) in [5, 5.41) is 4.31. The summed E-state index contributed by atoms with van der Waals surface area (Å²) in [6.07, 6.45) is 3.59. The minimum atomic E-state index is 0.836. The molecular formula is C13H16N4S. The van der Waals surface area contributed by atoms with Gasteiger partial charge in [-0.05, 0) is 39.2 Å².